The van der Waals surface area contributed by atoms with Gasteiger partial charge in [0.1, 0.15) is 5.82 Å². The van der Waals surface area contributed by atoms with E-state index in [4.69, 9.17) is 11.6 Å². The fourth-order valence-electron chi connectivity index (χ4n) is 2.62. The Morgan fingerprint density at radius 3 is 3.05 bits per heavy atom. The van der Waals surface area contributed by atoms with E-state index in [-0.39, 0.29) is 0 Å². The predicted molar refractivity (Wildman–Crippen MR) is 81.1 cm³/mol. The molecule has 0 bridgehead atoms. The van der Waals surface area contributed by atoms with E-state index in [9.17, 15) is 0 Å². The van der Waals surface area contributed by atoms with E-state index in [0.717, 1.165) is 35.3 Å². The predicted octanol–water partition coefficient (Wildman–Crippen LogP) is 3.58. The number of hydrogen-bond donors (Lipinski definition) is 1. The highest BCUT2D eigenvalue weighted by atomic mass is 35.5. The van der Waals surface area contributed by atoms with Gasteiger partial charge < -0.3 is 9.88 Å². The van der Waals surface area contributed by atoms with E-state index in [0.29, 0.717) is 6.54 Å². The van der Waals surface area contributed by atoms with Gasteiger partial charge in [0.15, 0.2) is 5.82 Å². The monoisotopic (exact) mass is 290 g/mol. The van der Waals surface area contributed by atoms with Crippen LogP contribution in [0, 0.1) is 6.92 Å². The quantitative estimate of drug-likeness (QED) is 0.939. The summed E-state index contributed by atoms with van der Waals surface area (Å²) in [6.07, 6.45) is 4.75. The number of halogens is 1. The molecule has 0 saturated carbocycles. The van der Waals surface area contributed by atoms with Gasteiger partial charge in [-0.15, -0.1) is 10.2 Å². The molecule has 0 aliphatic carbocycles. The Bertz CT molecular complexity index is 606. The number of rotatable bonds is 3. The zero-order chi connectivity index (χ0) is 13.9. The SMILES string of the molecule is Cc1ccc(Cl)c(NCc2nnc3n2CCCCC3)c1. The van der Waals surface area contributed by atoms with Crippen molar-refractivity contribution in [3.8, 4) is 0 Å². The van der Waals surface area contributed by atoms with Gasteiger partial charge in [0, 0.05) is 13.0 Å². The largest absolute Gasteiger partial charge is 0.377 e. The minimum atomic E-state index is 0.663. The third kappa shape index (κ3) is 2.80. The van der Waals surface area contributed by atoms with Crippen molar-refractivity contribution in [3.63, 3.8) is 0 Å². The van der Waals surface area contributed by atoms with E-state index < -0.39 is 0 Å². The highest BCUT2D eigenvalue weighted by Gasteiger charge is 2.14. The fourth-order valence-corrected chi connectivity index (χ4v) is 2.81. The number of nitrogens with zero attached hydrogens (tertiary/aromatic N) is 3. The zero-order valence-electron chi connectivity index (χ0n) is 11.7. The summed E-state index contributed by atoms with van der Waals surface area (Å²) in [5, 5.41) is 12.7. The highest BCUT2D eigenvalue weighted by molar-refractivity contribution is 6.33. The molecule has 5 heteroatoms. The second-order valence-electron chi connectivity index (χ2n) is 5.33. The normalized spacial score (nSPS) is 14.7. The van der Waals surface area contributed by atoms with Crippen molar-refractivity contribution in [2.24, 2.45) is 0 Å². The molecule has 106 valence electrons. The molecular formula is C15H19ClN4. The molecule has 2 heterocycles. The molecule has 4 nitrogen and oxygen atoms in total. The maximum atomic E-state index is 6.20. The van der Waals surface area contributed by atoms with E-state index in [1.165, 1.54) is 24.8 Å². The van der Waals surface area contributed by atoms with Crippen LogP contribution in [0.5, 0.6) is 0 Å². The third-order valence-corrected chi connectivity index (χ3v) is 4.07. The summed E-state index contributed by atoms with van der Waals surface area (Å²) in [5.41, 5.74) is 2.15. The molecule has 0 unspecified atom stereocenters. The van der Waals surface area contributed by atoms with Crippen LogP contribution in [-0.4, -0.2) is 14.8 Å². The Labute approximate surface area is 124 Å². The number of fused-ring (bicyclic) bond motifs is 1. The van der Waals surface area contributed by atoms with Crippen LogP contribution in [-0.2, 0) is 19.5 Å². The van der Waals surface area contributed by atoms with E-state index in [1.54, 1.807) is 0 Å². The average molecular weight is 291 g/mol. The highest BCUT2D eigenvalue weighted by Crippen LogP contribution is 2.23. The lowest BCUT2D eigenvalue weighted by Gasteiger charge is -2.10. The topological polar surface area (TPSA) is 42.7 Å². The smallest absolute Gasteiger partial charge is 0.152 e. The maximum Gasteiger partial charge on any atom is 0.152 e. The lowest BCUT2D eigenvalue weighted by atomic mass is 10.2. The lowest BCUT2D eigenvalue weighted by molar-refractivity contribution is 0.610. The van der Waals surface area contributed by atoms with Crippen LogP contribution in [0.15, 0.2) is 18.2 Å². The van der Waals surface area contributed by atoms with Crippen molar-refractivity contribution in [2.75, 3.05) is 5.32 Å². The summed E-state index contributed by atoms with van der Waals surface area (Å²) in [7, 11) is 0. The summed E-state index contributed by atoms with van der Waals surface area (Å²) in [6, 6.07) is 5.99. The Kier molecular flexibility index (Phi) is 3.92. The Hall–Kier alpha value is -1.55. The van der Waals surface area contributed by atoms with Gasteiger partial charge in [0.2, 0.25) is 0 Å². The number of hydrogen-bond acceptors (Lipinski definition) is 3. The first kappa shape index (κ1) is 13.4. The van der Waals surface area contributed by atoms with Crippen molar-refractivity contribution in [1.82, 2.24) is 14.8 Å². The molecule has 20 heavy (non-hydrogen) atoms. The summed E-state index contributed by atoms with van der Waals surface area (Å²) in [4.78, 5) is 0. The lowest BCUT2D eigenvalue weighted by Crippen LogP contribution is -2.10. The molecule has 3 rings (SSSR count). The van der Waals surface area contributed by atoms with Gasteiger partial charge in [0.25, 0.3) is 0 Å². The molecule has 1 aliphatic heterocycles. The molecular weight excluding hydrogens is 272 g/mol. The number of benzene rings is 1. The van der Waals surface area contributed by atoms with Crippen LogP contribution in [0.2, 0.25) is 5.02 Å². The molecule has 1 N–H and O–H groups in total. The molecule has 0 fully saturated rings. The Morgan fingerprint density at radius 1 is 1.25 bits per heavy atom. The van der Waals surface area contributed by atoms with Crippen molar-refractivity contribution in [1.29, 1.82) is 0 Å². The van der Waals surface area contributed by atoms with Crippen LogP contribution in [0.1, 0.15) is 36.5 Å². The zero-order valence-corrected chi connectivity index (χ0v) is 12.5. The summed E-state index contributed by atoms with van der Waals surface area (Å²) >= 11 is 6.20. The first-order valence-corrected chi connectivity index (χ1v) is 7.53. The molecule has 1 aliphatic rings. The summed E-state index contributed by atoms with van der Waals surface area (Å²) < 4.78 is 2.25. The Balaban J connectivity index is 1.75. The van der Waals surface area contributed by atoms with Crippen molar-refractivity contribution in [3.05, 3.63) is 40.4 Å². The minimum Gasteiger partial charge on any atom is -0.377 e. The van der Waals surface area contributed by atoms with Crippen LogP contribution in [0.3, 0.4) is 0 Å². The standard InChI is InChI=1S/C15H19ClN4/c1-11-6-7-12(16)13(9-11)17-10-15-19-18-14-5-3-2-4-8-20(14)15/h6-7,9,17H,2-5,8,10H2,1H3. The first-order valence-electron chi connectivity index (χ1n) is 7.15. The van der Waals surface area contributed by atoms with E-state index >= 15 is 0 Å². The van der Waals surface area contributed by atoms with Crippen LogP contribution >= 0.6 is 11.6 Å². The molecule has 2 aromatic rings. The maximum absolute atomic E-state index is 6.20. The minimum absolute atomic E-state index is 0.663. The molecule has 0 amide bonds. The van der Waals surface area contributed by atoms with Gasteiger partial charge in [-0.2, -0.15) is 0 Å². The molecule has 0 saturated heterocycles. The van der Waals surface area contributed by atoms with Crippen LogP contribution in [0.25, 0.3) is 0 Å². The van der Waals surface area contributed by atoms with Gasteiger partial charge in [-0.05, 0) is 37.5 Å². The first-order chi connectivity index (χ1) is 9.74. The number of aryl methyl sites for hydroxylation is 2. The molecule has 0 spiro atoms. The molecule has 1 aromatic heterocycles. The molecule has 1 aromatic carbocycles. The second-order valence-corrected chi connectivity index (χ2v) is 5.74. The average Bonchev–Trinajstić information content (AvgIpc) is 2.68. The number of nitrogens with one attached hydrogen (secondary N) is 1. The van der Waals surface area contributed by atoms with Gasteiger partial charge in [-0.25, -0.2) is 0 Å². The third-order valence-electron chi connectivity index (χ3n) is 3.74. The van der Waals surface area contributed by atoms with Crippen LogP contribution < -0.4 is 5.32 Å². The summed E-state index contributed by atoms with van der Waals surface area (Å²) in [5.74, 6) is 2.12. The van der Waals surface area contributed by atoms with Gasteiger partial charge in [0.05, 0.1) is 17.3 Å². The number of aromatic nitrogens is 3. The van der Waals surface area contributed by atoms with Gasteiger partial charge >= 0.3 is 0 Å². The second kappa shape index (κ2) is 5.83. The van der Waals surface area contributed by atoms with E-state index in [1.807, 2.05) is 12.1 Å². The van der Waals surface area contributed by atoms with Crippen molar-refractivity contribution < 1.29 is 0 Å². The molecule has 0 atom stereocenters. The van der Waals surface area contributed by atoms with E-state index in [2.05, 4.69) is 33.1 Å². The fraction of sp³-hybridized carbons (Fsp3) is 0.467. The van der Waals surface area contributed by atoms with Crippen LogP contribution in [0.4, 0.5) is 5.69 Å². The summed E-state index contributed by atoms with van der Waals surface area (Å²) in [6.45, 7) is 3.75. The van der Waals surface area contributed by atoms with Gasteiger partial charge in [-0.3, -0.25) is 0 Å². The Morgan fingerprint density at radius 2 is 2.15 bits per heavy atom. The van der Waals surface area contributed by atoms with Crippen molar-refractivity contribution in [2.45, 2.75) is 45.7 Å². The van der Waals surface area contributed by atoms with Gasteiger partial charge in [-0.1, -0.05) is 24.1 Å². The molecule has 0 radical (unpaired) electrons. The number of anilines is 1. The van der Waals surface area contributed by atoms with Crippen molar-refractivity contribution >= 4 is 17.3 Å².